The second kappa shape index (κ2) is 11.3. The summed E-state index contributed by atoms with van der Waals surface area (Å²) in [5.74, 6) is 0.352. The summed E-state index contributed by atoms with van der Waals surface area (Å²) in [5, 5.41) is 1.22. The summed E-state index contributed by atoms with van der Waals surface area (Å²) in [6.07, 6.45) is 1.13. The number of hydrogen-bond donors (Lipinski definition) is 0. The fourth-order valence-electron chi connectivity index (χ4n) is 3.32. The smallest absolute Gasteiger partial charge is 0.228 e. The Balaban J connectivity index is 1.69. The lowest BCUT2D eigenvalue weighted by atomic mass is 10.3. The molecule has 3 rings (SSSR count). The van der Waals surface area contributed by atoms with Crippen molar-refractivity contribution in [2.75, 3.05) is 44.9 Å². The number of thiazole rings is 1. The molecule has 1 aromatic heterocycles. The van der Waals surface area contributed by atoms with Crippen molar-refractivity contribution in [2.24, 2.45) is 0 Å². The zero-order valence-corrected chi connectivity index (χ0v) is 21.3. The van der Waals surface area contributed by atoms with E-state index in [9.17, 15) is 13.2 Å². The molecule has 0 unspecified atom stereocenters. The third-order valence-corrected chi connectivity index (χ3v) is 8.17. The van der Waals surface area contributed by atoms with Crippen LogP contribution in [0.3, 0.4) is 0 Å². The van der Waals surface area contributed by atoms with Gasteiger partial charge in [0.25, 0.3) is 0 Å². The van der Waals surface area contributed by atoms with Gasteiger partial charge in [0.05, 0.1) is 28.0 Å². The largest absolute Gasteiger partial charge is 0.497 e. The molecule has 0 saturated carbocycles. The molecule has 0 saturated heterocycles. The van der Waals surface area contributed by atoms with Crippen molar-refractivity contribution < 1.29 is 17.9 Å². The third-order valence-electron chi connectivity index (χ3n) is 5.08. The first-order chi connectivity index (χ1) is 15.7. The van der Waals surface area contributed by atoms with Crippen LogP contribution in [-0.2, 0) is 14.6 Å². The molecule has 0 aliphatic heterocycles. The van der Waals surface area contributed by atoms with E-state index in [1.807, 2.05) is 26.2 Å². The van der Waals surface area contributed by atoms with Gasteiger partial charge in [-0.1, -0.05) is 22.9 Å². The van der Waals surface area contributed by atoms with Crippen LogP contribution >= 0.6 is 22.9 Å². The molecule has 1 amide bonds. The quantitative estimate of drug-likeness (QED) is 0.378. The fourth-order valence-corrected chi connectivity index (χ4v) is 5.92. The lowest BCUT2D eigenvalue weighted by molar-refractivity contribution is -0.118. The number of nitrogens with zero attached hydrogens (tertiary/aromatic N) is 3. The number of fused-ring (bicyclic) bond motifs is 1. The van der Waals surface area contributed by atoms with Crippen LogP contribution in [0.25, 0.3) is 10.2 Å². The molecular formula is C23H28ClN3O4S2. The van der Waals surface area contributed by atoms with Gasteiger partial charge < -0.3 is 9.64 Å². The molecule has 178 valence electrons. The first kappa shape index (κ1) is 25.4. The van der Waals surface area contributed by atoms with Gasteiger partial charge in [-0.05, 0) is 75.9 Å². The summed E-state index contributed by atoms with van der Waals surface area (Å²) in [6, 6.07) is 11.7. The lowest BCUT2D eigenvalue weighted by Crippen LogP contribution is -2.33. The van der Waals surface area contributed by atoms with Crippen molar-refractivity contribution in [1.82, 2.24) is 9.88 Å². The Kier molecular flexibility index (Phi) is 8.69. The average Bonchev–Trinajstić information content (AvgIpc) is 3.19. The highest BCUT2D eigenvalue weighted by Gasteiger charge is 2.21. The van der Waals surface area contributed by atoms with E-state index in [0.717, 1.165) is 23.2 Å². The van der Waals surface area contributed by atoms with Crippen LogP contribution in [0.5, 0.6) is 5.75 Å². The third kappa shape index (κ3) is 6.89. The summed E-state index contributed by atoms with van der Waals surface area (Å²) in [7, 11) is 2.01. The second-order valence-electron chi connectivity index (χ2n) is 7.91. The number of benzene rings is 2. The van der Waals surface area contributed by atoms with E-state index in [1.165, 1.54) is 30.6 Å². The van der Waals surface area contributed by atoms with Crippen LogP contribution in [-0.4, -0.2) is 64.3 Å². The van der Waals surface area contributed by atoms with Gasteiger partial charge in [-0.25, -0.2) is 13.4 Å². The number of rotatable bonds is 11. The monoisotopic (exact) mass is 509 g/mol. The fraction of sp³-hybridized carbons (Fsp3) is 0.391. The number of aromatic nitrogens is 1. The Morgan fingerprint density at radius 3 is 2.48 bits per heavy atom. The predicted octanol–water partition coefficient (Wildman–Crippen LogP) is 4.50. The molecule has 1 heterocycles. The number of ether oxygens (including phenoxy) is 1. The van der Waals surface area contributed by atoms with E-state index in [2.05, 4.69) is 9.88 Å². The van der Waals surface area contributed by atoms with E-state index in [1.54, 1.807) is 23.1 Å². The number of carbonyl (C=O) groups excluding carboxylic acids is 1. The van der Waals surface area contributed by atoms with Crippen LogP contribution in [0, 0.1) is 0 Å². The van der Waals surface area contributed by atoms with Gasteiger partial charge in [0.15, 0.2) is 15.0 Å². The number of anilines is 1. The van der Waals surface area contributed by atoms with Crippen LogP contribution in [0.1, 0.15) is 19.3 Å². The number of sulfone groups is 1. The topological polar surface area (TPSA) is 79.8 Å². The molecule has 0 aliphatic rings. The van der Waals surface area contributed by atoms with Crippen molar-refractivity contribution in [1.29, 1.82) is 0 Å². The Morgan fingerprint density at radius 2 is 1.82 bits per heavy atom. The Morgan fingerprint density at radius 1 is 1.09 bits per heavy atom. The minimum absolute atomic E-state index is 0.105. The zero-order chi connectivity index (χ0) is 24.0. The van der Waals surface area contributed by atoms with Crippen molar-refractivity contribution in [2.45, 2.75) is 24.2 Å². The van der Waals surface area contributed by atoms with Crippen molar-refractivity contribution in [3.05, 3.63) is 47.5 Å². The molecule has 0 bridgehead atoms. The van der Waals surface area contributed by atoms with Crippen molar-refractivity contribution >= 4 is 54.0 Å². The minimum atomic E-state index is -3.49. The lowest BCUT2D eigenvalue weighted by Gasteiger charge is -2.21. The van der Waals surface area contributed by atoms with Gasteiger partial charge in [0.2, 0.25) is 5.91 Å². The zero-order valence-electron chi connectivity index (χ0n) is 19.0. The van der Waals surface area contributed by atoms with E-state index in [4.69, 9.17) is 16.3 Å². The second-order valence-corrected chi connectivity index (χ2v) is 11.5. The Hall–Kier alpha value is -2.20. The normalized spacial score (nSPS) is 11.8. The van der Waals surface area contributed by atoms with Gasteiger partial charge in [-0.2, -0.15) is 0 Å². The maximum absolute atomic E-state index is 13.1. The van der Waals surface area contributed by atoms with Crippen LogP contribution in [0.15, 0.2) is 47.4 Å². The minimum Gasteiger partial charge on any atom is -0.497 e. The SMILES string of the molecule is COc1ccc(S(=O)(=O)CCCC(=O)N(CCCN(C)C)c2nc3ccc(Cl)cc3s2)cc1. The molecule has 0 radical (unpaired) electrons. The summed E-state index contributed by atoms with van der Waals surface area (Å²) in [5.41, 5.74) is 0.784. The number of halogens is 1. The summed E-state index contributed by atoms with van der Waals surface area (Å²) in [6.45, 7) is 1.34. The maximum Gasteiger partial charge on any atom is 0.228 e. The average molecular weight is 510 g/mol. The van der Waals surface area contributed by atoms with Gasteiger partial charge in [0, 0.05) is 18.0 Å². The van der Waals surface area contributed by atoms with Gasteiger partial charge >= 0.3 is 0 Å². The van der Waals surface area contributed by atoms with Crippen molar-refractivity contribution in [3.8, 4) is 5.75 Å². The number of amides is 1. The van der Waals surface area contributed by atoms with Gasteiger partial charge in [0.1, 0.15) is 5.75 Å². The molecule has 7 nitrogen and oxygen atoms in total. The van der Waals surface area contributed by atoms with E-state index >= 15 is 0 Å². The van der Waals surface area contributed by atoms with Crippen molar-refractivity contribution in [3.63, 3.8) is 0 Å². The van der Waals surface area contributed by atoms with Crippen LogP contribution in [0.2, 0.25) is 5.02 Å². The molecule has 33 heavy (non-hydrogen) atoms. The van der Waals surface area contributed by atoms with Crippen LogP contribution < -0.4 is 9.64 Å². The maximum atomic E-state index is 13.1. The molecule has 10 heteroatoms. The van der Waals surface area contributed by atoms with Crippen LogP contribution in [0.4, 0.5) is 5.13 Å². The van der Waals surface area contributed by atoms with E-state index < -0.39 is 9.84 Å². The highest BCUT2D eigenvalue weighted by Crippen LogP contribution is 2.31. The highest BCUT2D eigenvalue weighted by atomic mass is 35.5. The number of carbonyl (C=O) groups is 1. The summed E-state index contributed by atoms with van der Waals surface area (Å²) in [4.78, 5) is 21.7. The molecule has 0 N–H and O–H groups in total. The molecule has 3 aromatic rings. The van der Waals surface area contributed by atoms with Gasteiger partial charge in [-0.3, -0.25) is 9.69 Å². The van der Waals surface area contributed by atoms with Gasteiger partial charge in [-0.15, -0.1) is 0 Å². The first-order valence-corrected chi connectivity index (χ1v) is 13.4. The summed E-state index contributed by atoms with van der Waals surface area (Å²) >= 11 is 7.51. The highest BCUT2D eigenvalue weighted by molar-refractivity contribution is 7.91. The molecule has 0 atom stereocenters. The predicted molar refractivity (Wildman–Crippen MR) is 134 cm³/mol. The molecule has 0 fully saturated rings. The number of hydrogen-bond acceptors (Lipinski definition) is 7. The molecule has 0 aliphatic carbocycles. The Bertz CT molecular complexity index is 1190. The first-order valence-electron chi connectivity index (χ1n) is 10.6. The molecule has 2 aromatic carbocycles. The Labute approximate surface area is 203 Å². The molecular weight excluding hydrogens is 482 g/mol. The van der Waals surface area contributed by atoms with E-state index in [0.29, 0.717) is 22.4 Å². The molecule has 0 spiro atoms. The standard InChI is InChI=1S/C23H28ClN3O4S2/c1-26(2)13-5-14-27(23-25-20-12-7-17(24)16-21(20)32-23)22(28)6-4-15-33(29,30)19-10-8-18(31-3)9-11-19/h7-12,16H,4-6,13-15H2,1-3H3. The number of methoxy groups -OCH3 is 1. The van der Waals surface area contributed by atoms with E-state index in [-0.39, 0.29) is 29.4 Å². The summed E-state index contributed by atoms with van der Waals surface area (Å²) < 4.78 is 31.3.